The molecular weight excluding hydrogens is 313 g/mol. The van der Waals surface area contributed by atoms with E-state index in [0.29, 0.717) is 12.1 Å². The van der Waals surface area contributed by atoms with E-state index >= 15 is 0 Å². The van der Waals surface area contributed by atoms with Crippen LogP contribution in [0.15, 0.2) is 36.9 Å². The van der Waals surface area contributed by atoms with Gasteiger partial charge in [0.1, 0.15) is 0 Å². The first-order valence-electron chi connectivity index (χ1n) is 6.11. The quantitative estimate of drug-likeness (QED) is 0.869. The Hall–Kier alpha value is -1.63. The zero-order chi connectivity index (χ0) is 13.7. The van der Waals surface area contributed by atoms with Crippen LogP contribution in [-0.4, -0.2) is 40.3 Å². The third kappa shape index (κ3) is 5.34. The van der Waals surface area contributed by atoms with Crippen molar-refractivity contribution in [1.29, 1.82) is 0 Å². The maximum Gasteiger partial charge on any atom is 0.254 e. The minimum Gasteiger partial charge on any atom is -0.350 e. The van der Waals surface area contributed by atoms with E-state index in [0.717, 1.165) is 5.69 Å². The average Bonchev–Trinajstić information content (AvgIpc) is 2.95. The molecule has 2 N–H and O–H groups in total. The van der Waals surface area contributed by atoms with Crippen LogP contribution in [0.3, 0.4) is 0 Å². The van der Waals surface area contributed by atoms with Crippen molar-refractivity contribution in [3.05, 3.63) is 42.5 Å². The molecule has 2 rings (SSSR count). The predicted octanol–water partition coefficient (Wildman–Crippen LogP) is 1.45. The molecule has 0 bridgehead atoms. The molecule has 0 fully saturated rings. The molecule has 2 aromatic rings. The van der Waals surface area contributed by atoms with E-state index in [1.807, 2.05) is 26.1 Å². The van der Waals surface area contributed by atoms with E-state index in [2.05, 4.69) is 20.7 Å². The number of likely N-dealkylation sites (N-methyl/N-ethyl adjacent to an activating group) is 1. The Bertz CT molecular complexity index is 547. The highest BCUT2D eigenvalue weighted by atomic mass is 35.5. The Morgan fingerprint density at radius 1 is 1.38 bits per heavy atom. The third-order valence-corrected chi connectivity index (χ3v) is 2.82. The number of hydrogen-bond acceptors (Lipinski definition) is 4. The number of rotatable bonds is 5. The highest BCUT2D eigenvalue weighted by Gasteiger charge is 2.10. The van der Waals surface area contributed by atoms with Crippen LogP contribution in [0.1, 0.15) is 17.3 Å². The topological polar surface area (TPSA) is 71.8 Å². The maximum absolute atomic E-state index is 11.9. The van der Waals surface area contributed by atoms with E-state index in [1.54, 1.807) is 29.5 Å². The summed E-state index contributed by atoms with van der Waals surface area (Å²) in [5.74, 6) is -0.128. The SMILES string of the molecule is CNC(C)CNC(=O)c1cnn(-c2cccnc2)c1.Cl.Cl. The third-order valence-electron chi connectivity index (χ3n) is 2.82. The first kappa shape index (κ1) is 19.4. The predicted molar refractivity (Wildman–Crippen MR) is 86.7 cm³/mol. The summed E-state index contributed by atoms with van der Waals surface area (Å²) in [5, 5.41) is 10.1. The summed E-state index contributed by atoms with van der Waals surface area (Å²) >= 11 is 0. The van der Waals surface area contributed by atoms with Gasteiger partial charge in [0.25, 0.3) is 5.91 Å². The standard InChI is InChI=1S/C13H17N5O.2ClH/c1-10(14-2)6-16-13(19)11-7-17-18(9-11)12-4-3-5-15-8-12;;/h3-5,7-10,14H,6H2,1-2H3,(H,16,19);2*1H. The van der Waals surface area contributed by atoms with Crippen LogP contribution in [-0.2, 0) is 0 Å². The van der Waals surface area contributed by atoms with E-state index in [4.69, 9.17) is 0 Å². The van der Waals surface area contributed by atoms with Crippen molar-refractivity contribution in [2.75, 3.05) is 13.6 Å². The van der Waals surface area contributed by atoms with Gasteiger partial charge in [-0.2, -0.15) is 5.10 Å². The van der Waals surface area contributed by atoms with Crippen LogP contribution in [0.4, 0.5) is 0 Å². The molecule has 1 amide bonds. The summed E-state index contributed by atoms with van der Waals surface area (Å²) < 4.78 is 1.63. The van der Waals surface area contributed by atoms with Gasteiger partial charge >= 0.3 is 0 Å². The molecule has 0 aromatic carbocycles. The number of carbonyl (C=O) groups excluding carboxylic acids is 1. The normalized spacial score (nSPS) is 11.0. The van der Waals surface area contributed by atoms with Crippen molar-refractivity contribution in [2.24, 2.45) is 0 Å². The Morgan fingerprint density at radius 3 is 2.76 bits per heavy atom. The molecule has 0 aliphatic carbocycles. The monoisotopic (exact) mass is 331 g/mol. The average molecular weight is 332 g/mol. The lowest BCUT2D eigenvalue weighted by atomic mass is 10.3. The van der Waals surface area contributed by atoms with Gasteiger partial charge in [0.15, 0.2) is 0 Å². The lowest BCUT2D eigenvalue weighted by molar-refractivity contribution is 0.0950. The largest absolute Gasteiger partial charge is 0.350 e. The maximum atomic E-state index is 11.9. The molecule has 2 heterocycles. The van der Waals surface area contributed by atoms with Gasteiger partial charge in [0.2, 0.25) is 0 Å². The van der Waals surface area contributed by atoms with Crippen molar-refractivity contribution >= 4 is 30.7 Å². The number of nitrogens with one attached hydrogen (secondary N) is 2. The van der Waals surface area contributed by atoms with Crippen LogP contribution < -0.4 is 10.6 Å². The van der Waals surface area contributed by atoms with Gasteiger partial charge in [-0.25, -0.2) is 4.68 Å². The molecule has 0 saturated heterocycles. The molecule has 6 nitrogen and oxygen atoms in total. The number of pyridine rings is 1. The van der Waals surface area contributed by atoms with Crippen molar-refractivity contribution in [3.63, 3.8) is 0 Å². The Kier molecular flexibility index (Phi) is 8.61. The number of aromatic nitrogens is 3. The molecule has 2 aromatic heterocycles. The summed E-state index contributed by atoms with van der Waals surface area (Å²) in [6, 6.07) is 3.94. The molecule has 1 atom stereocenters. The second-order valence-electron chi connectivity index (χ2n) is 4.28. The summed E-state index contributed by atoms with van der Waals surface area (Å²) in [6.07, 6.45) is 6.63. The molecule has 0 radical (unpaired) electrons. The molecular formula is C13H19Cl2N5O. The molecule has 8 heteroatoms. The fourth-order valence-electron chi connectivity index (χ4n) is 1.52. The highest BCUT2D eigenvalue weighted by molar-refractivity contribution is 5.93. The lowest BCUT2D eigenvalue weighted by Gasteiger charge is -2.10. The molecule has 0 spiro atoms. The Morgan fingerprint density at radius 2 is 2.14 bits per heavy atom. The molecule has 21 heavy (non-hydrogen) atoms. The number of halogens is 2. The first-order valence-corrected chi connectivity index (χ1v) is 6.11. The van der Waals surface area contributed by atoms with Crippen molar-refractivity contribution in [1.82, 2.24) is 25.4 Å². The van der Waals surface area contributed by atoms with Gasteiger partial charge in [-0.05, 0) is 26.1 Å². The lowest BCUT2D eigenvalue weighted by Crippen LogP contribution is -2.37. The van der Waals surface area contributed by atoms with Gasteiger partial charge in [0, 0.05) is 25.0 Å². The van der Waals surface area contributed by atoms with Gasteiger partial charge in [-0.1, -0.05) is 0 Å². The zero-order valence-corrected chi connectivity index (χ0v) is 13.4. The van der Waals surface area contributed by atoms with E-state index in [1.165, 1.54) is 0 Å². The summed E-state index contributed by atoms with van der Waals surface area (Å²) in [5.41, 5.74) is 1.36. The van der Waals surface area contributed by atoms with Crippen molar-refractivity contribution in [2.45, 2.75) is 13.0 Å². The molecule has 116 valence electrons. The first-order chi connectivity index (χ1) is 9.20. The van der Waals surface area contributed by atoms with Gasteiger partial charge in [0.05, 0.1) is 23.6 Å². The summed E-state index contributed by atoms with van der Waals surface area (Å²) in [4.78, 5) is 15.9. The molecule has 1 unspecified atom stereocenters. The minimum absolute atomic E-state index is 0. The zero-order valence-electron chi connectivity index (χ0n) is 11.8. The van der Waals surface area contributed by atoms with Crippen LogP contribution in [0.5, 0.6) is 0 Å². The van der Waals surface area contributed by atoms with Crippen molar-refractivity contribution in [3.8, 4) is 5.69 Å². The molecule has 0 saturated carbocycles. The second kappa shape index (κ2) is 9.33. The van der Waals surface area contributed by atoms with Crippen LogP contribution in [0, 0.1) is 0 Å². The number of amides is 1. The summed E-state index contributed by atoms with van der Waals surface area (Å²) in [6.45, 7) is 2.58. The number of carbonyl (C=O) groups is 1. The van der Waals surface area contributed by atoms with E-state index in [9.17, 15) is 4.79 Å². The smallest absolute Gasteiger partial charge is 0.254 e. The molecule has 0 aliphatic heterocycles. The van der Waals surface area contributed by atoms with Gasteiger partial charge < -0.3 is 10.6 Å². The van der Waals surface area contributed by atoms with Crippen LogP contribution in [0.2, 0.25) is 0 Å². The van der Waals surface area contributed by atoms with E-state index in [-0.39, 0.29) is 36.8 Å². The summed E-state index contributed by atoms with van der Waals surface area (Å²) in [7, 11) is 1.86. The second-order valence-corrected chi connectivity index (χ2v) is 4.28. The van der Waals surface area contributed by atoms with Gasteiger partial charge in [-0.3, -0.25) is 9.78 Å². The number of nitrogens with zero attached hydrogens (tertiary/aromatic N) is 3. The van der Waals surface area contributed by atoms with E-state index < -0.39 is 0 Å². The van der Waals surface area contributed by atoms with Gasteiger partial charge in [-0.15, -0.1) is 24.8 Å². The minimum atomic E-state index is -0.128. The van der Waals surface area contributed by atoms with Crippen LogP contribution in [0.25, 0.3) is 5.69 Å². The highest BCUT2D eigenvalue weighted by Crippen LogP contribution is 2.06. The fourth-order valence-corrected chi connectivity index (χ4v) is 1.52. The molecule has 0 aliphatic rings. The van der Waals surface area contributed by atoms with Crippen molar-refractivity contribution < 1.29 is 4.79 Å². The fraction of sp³-hybridized carbons (Fsp3) is 0.308. The Balaban J connectivity index is 0.00000200. The Labute approximate surface area is 136 Å². The van der Waals surface area contributed by atoms with Crippen LogP contribution >= 0.6 is 24.8 Å². The number of hydrogen-bond donors (Lipinski definition) is 2.